The normalized spacial score (nSPS) is 13.5. The molecule has 8 heteroatoms. The number of hydrogen-bond acceptors (Lipinski definition) is 6. The Hall–Kier alpha value is -3.68. The average molecular weight is 350 g/mol. The molecule has 0 atom stereocenters. The molecule has 1 N–H and O–H groups in total. The number of carbonyl (C=O) groups is 2. The second kappa shape index (κ2) is 6.67. The predicted molar refractivity (Wildman–Crippen MR) is 92.8 cm³/mol. The van der Waals surface area contributed by atoms with Gasteiger partial charge in [-0.15, -0.1) is 10.2 Å². The number of amides is 2. The Labute approximate surface area is 148 Å². The maximum Gasteiger partial charge on any atom is 0.414 e. The minimum absolute atomic E-state index is 0.261. The van der Waals surface area contributed by atoms with Crippen molar-refractivity contribution in [2.45, 2.75) is 0 Å². The van der Waals surface area contributed by atoms with Crippen molar-refractivity contribution in [1.29, 1.82) is 0 Å². The van der Waals surface area contributed by atoms with Crippen LogP contribution in [0.15, 0.2) is 59.3 Å². The van der Waals surface area contributed by atoms with Gasteiger partial charge < -0.3 is 14.5 Å². The molecule has 0 bridgehead atoms. The lowest BCUT2D eigenvalue weighted by Crippen LogP contribution is -2.23. The minimum Gasteiger partial charge on any atom is -0.447 e. The first-order valence-electron chi connectivity index (χ1n) is 7.93. The number of carbonyl (C=O) groups excluding carboxylic acids is 2. The van der Waals surface area contributed by atoms with E-state index in [1.54, 1.807) is 42.5 Å². The molecule has 1 aromatic heterocycles. The summed E-state index contributed by atoms with van der Waals surface area (Å²) >= 11 is 0. The number of benzene rings is 2. The summed E-state index contributed by atoms with van der Waals surface area (Å²) in [6.45, 7) is 0.879. The standard InChI is InChI=1S/C18H14N4O4/c23-16(12-4-6-15(7-5-12)22-8-9-25-18(22)24)20-14-3-1-2-13(10-14)17-21-19-11-26-17/h1-7,10-11H,8-9H2,(H,20,23). The number of cyclic esters (lactones) is 1. The van der Waals surface area contributed by atoms with Gasteiger partial charge in [0, 0.05) is 22.5 Å². The van der Waals surface area contributed by atoms with E-state index in [9.17, 15) is 9.59 Å². The molecule has 2 amide bonds. The summed E-state index contributed by atoms with van der Waals surface area (Å²) < 4.78 is 10.1. The van der Waals surface area contributed by atoms with Crippen molar-refractivity contribution in [2.24, 2.45) is 0 Å². The summed E-state index contributed by atoms with van der Waals surface area (Å²) in [6, 6.07) is 13.9. The topological polar surface area (TPSA) is 97.6 Å². The van der Waals surface area contributed by atoms with E-state index >= 15 is 0 Å². The summed E-state index contributed by atoms with van der Waals surface area (Å²) in [5.74, 6) is 0.117. The molecular formula is C18H14N4O4. The Morgan fingerprint density at radius 3 is 2.69 bits per heavy atom. The molecule has 4 rings (SSSR count). The Kier molecular flexibility index (Phi) is 4.06. The minimum atomic E-state index is -0.375. The van der Waals surface area contributed by atoms with Crippen LogP contribution in [0.3, 0.4) is 0 Å². The molecule has 3 aromatic rings. The third kappa shape index (κ3) is 3.12. The molecule has 1 fully saturated rings. The van der Waals surface area contributed by atoms with Crippen molar-refractivity contribution in [3.63, 3.8) is 0 Å². The van der Waals surface area contributed by atoms with Crippen LogP contribution in [-0.4, -0.2) is 35.3 Å². The molecule has 0 saturated carbocycles. The second-order valence-corrected chi connectivity index (χ2v) is 5.59. The van der Waals surface area contributed by atoms with E-state index in [1.165, 1.54) is 11.3 Å². The van der Waals surface area contributed by atoms with Crippen LogP contribution in [0.1, 0.15) is 10.4 Å². The van der Waals surface area contributed by atoms with Gasteiger partial charge in [0.15, 0.2) is 0 Å². The fraction of sp³-hybridized carbons (Fsp3) is 0.111. The van der Waals surface area contributed by atoms with Crippen LogP contribution in [0.25, 0.3) is 11.5 Å². The Bertz CT molecular complexity index is 938. The fourth-order valence-electron chi connectivity index (χ4n) is 2.65. The van der Waals surface area contributed by atoms with Gasteiger partial charge >= 0.3 is 6.09 Å². The number of anilines is 2. The fourth-order valence-corrected chi connectivity index (χ4v) is 2.65. The molecular weight excluding hydrogens is 336 g/mol. The number of ether oxygens (including phenoxy) is 1. The van der Waals surface area contributed by atoms with E-state index in [1.807, 2.05) is 6.07 Å². The summed E-state index contributed by atoms with van der Waals surface area (Å²) in [5.41, 5.74) is 2.49. The molecule has 1 aliphatic rings. The Morgan fingerprint density at radius 1 is 1.15 bits per heavy atom. The van der Waals surface area contributed by atoms with E-state index < -0.39 is 0 Å². The van der Waals surface area contributed by atoms with Crippen LogP contribution >= 0.6 is 0 Å². The molecule has 1 saturated heterocycles. The van der Waals surface area contributed by atoms with E-state index in [4.69, 9.17) is 9.15 Å². The molecule has 130 valence electrons. The Morgan fingerprint density at radius 2 is 2.00 bits per heavy atom. The van der Waals surface area contributed by atoms with Crippen molar-refractivity contribution >= 4 is 23.4 Å². The zero-order valence-corrected chi connectivity index (χ0v) is 13.6. The average Bonchev–Trinajstić information content (AvgIpc) is 3.34. The van der Waals surface area contributed by atoms with Gasteiger partial charge in [0.25, 0.3) is 5.91 Å². The van der Waals surface area contributed by atoms with Gasteiger partial charge in [-0.25, -0.2) is 4.79 Å². The third-order valence-electron chi connectivity index (χ3n) is 3.93. The maximum atomic E-state index is 12.4. The first-order valence-corrected chi connectivity index (χ1v) is 7.93. The molecule has 0 spiro atoms. The van der Waals surface area contributed by atoms with E-state index in [2.05, 4.69) is 15.5 Å². The van der Waals surface area contributed by atoms with E-state index in [0.717, 1.165) is 0 Å². The number of rotatable bonds is 4. The summed E-state index contributed by atoms with van der Waals surface area (Å²) in [6.07, 6.45) is 0.873. The quantitative estimate of drug-likeness (QED) is 0.777. The summed E-state index contributed by atoms with van der Waals surface area (Å²) in [4.78, 5) is 25.5. The lowest BCUT2D eigenvalue weighted by atomic mass is 10.1. The van der Waals surface area contributed by atoms with Crippen LogP contribution in [0.2, 0.25) is 0 Å². The summed E-state index contributed by atoms with van der Waals surface area (Å²) in [7, 11) is 0. The van der Waals surface area contributed by atoms with Gasteiger partial charge in [-0.3, -0.25) is 9.69 Å². The number of aromatic nitrogens is 2. The SMILES string of the molecule is O=C(Nc1cccc(-c2nnco2)c1)c1ccc(N2CCOC2=O)cc1. The highest BCUT2D eigenvalue weighted by Crippen LogP contribution is 2.22. The van der Waals surface area contributed by atoms with Gasteiger partial charge in [0.2, 0.25) is 12.3 Å². The second-order valence-electron chi connectivity index (χ2n) is 5.59. The van der Waals surface area contributed by atoms with Gasteiger partial charge in [0.1, 0.15) is 6.61 Å². The van der Waals surface area contributed by atoms with Crippen LogP contribution in [0, 0.1) is 0 Å². The Balaban J connectivity index is 1.48. The van der Waals surface area contributed by atoms with E-state index in [0.29, 0.717) is 41.5 Å². The number of hydrogen-bond donors (Lipinski definition) is 1. The van der Waals surface area contributed by atoms with Crippen molar-refractivity contribution in [3.8, 4) is 11.5 Å². The van der Waals surface area contributed by atoms with Crippen molar-refractivity contribution < 1.29 is 18.7 Å². The first-order chi connectivity index (χ1) is 12.7. The van der Waals surface area contributed by atoms with Gasteiger partial charge in [-0.05, 0) is 42.5 Å². The molecule has 26 heavy (non-hydrogen) atoms. The highest BCUT2D eigenvalue weighted by molar-refractivity contribution is 6.04. The lowest BCUT2D eigenvalue weighted by molar-refractivity contribution is 0.102. The zero-order chi connectivity index (χ0) is 17.9. The molecule has 0 unspecified atom stereocenters. The zero-order valence-electron chi connectivity index (χ0n) is 13.6. The molecule has 2 aromatic carbocycles. The smallest absolute Gasteiger partial charge is 0.414 e. The lowest BCUT2D eigenvalue weighted by Gasteiger charge is -2.13. The van der Waals surface area contributed by atoms with E-state index in [-0.39, 0.29) is 12.0 Å². The number of nitrogens with zero attached hydrogens (tertiary/aromatic N) is 3. The third-order valence-corrected chi connectivity index (χ3v) is 3.93. The van der Waals surface area contributed by atoms with Gasteiger partial charge in [-0.1, -0.05) is 6.07 Å². The predicted octanol–water partition coefficient (Wildman–Crippen LogP) is 2.95. The molecule has 8 nitrogen and oxygen atoms in total. The summed E-state index contributed by atoms with van der Waals surface area (Å²) in [5, 5.41) is 10.3. The molecule has 0 aliphatic carbocycles. The van der Waals surface area contributed by atoms with Crippen LogP contribution in [0.5, 0.6) is 0 Å². The first kappa shape index (κ1) is 15.8. The molecule has 1 aliphatic heterocycles. The highest BCUT2D eigenvalue weighted by Gasteiger charge is 2.23. The van der Waals surface area contributed by atoms with Gasteiger partial charge in [-0.2, -0.15) is 0 Å². The maximum absolute atomic E-state index is 12.4. The van der Waals surface area contributed by atoms with Gasteiger partial charge in [0.05, 0.1) is 6.54 Å². The largest absolute Gasteiger partial charge is 0.447 e. The monoisotopic (exact) mass is 350 g/mol. The van der Waals surface area contributed by atoms with Crippen molar-refractivity contribution in [3.05, 3.63) is 60.5 Å². The van der Waals surface area contributed by atoms with Crippen molar-refractivity contribution in [2.75, 3.05) is 23.4 Å². The molecule has 0 radical (unpaired) electrons. The van der Waals surface area contributed by atoms with Crippen LogP contribution in [0.4, 0.5) is 16.2 Å². The highest BCUT2D eigenvalue weighted by atomic mass is 16.6. The van der Waals surface area contributed by atoms with Crippen LogP contribution < -0.4 is 10.2 Å². The molecule has 2 heterocycles. The van der Waals surface area contributed by atoms with Crippen molar-refractivity contribution in [1.82, 2.24) is 10.2 Å². The van der Waals surface area contributed by atoms with Crippen LogP contribution in [-0.2, 0) is 4.74 Å². The number of nitrogens with one attached hydrogen (secondary N) is 1.